The van der Waals surface area contributed by atoms with Crippen molar-refractivity contribution in [3.8, 4) is 17.3 Å². The zero-order chi connectivity index (χ0) is 19.6. The molecule has 0 amide bonds. The molecule has 1 aromatic heterocycles. The predicted octanol–water partition coefficient (Wildman–Crippen LogP) is 4.32. The molecule has 5 heteroatoms. The number of nitrogens with zero attached hydrogens (tertiary/aromatic N) is 2. The third-order valence-electron chi connectivity index (χ3n) is 4.37. The monoisotopic (exact) mass is 377 g/mol. The predicted molar refractivity (Wildman–Crippen MR) is 112 cm³/mol. The van der Waals surface area contributed by atoms with Crippen molar-refractivity contribution in [1.82, 2.24) is 9.97 Å². The molecule has 2 N–H and O–H groups in total. The first kappa shape index (κ1) is 19.8. The molecule has 2 aromatic carbocycles. The lowest BCUT2D eigenvalue weighted by Gasteiger charge is -2.10. The molecule has 0 fully saturated rings. The van der Waals surface area contributed by atoms with Gasteiger partial charge >= 0.3 is 6.01 Å². The Labute approximate surface area is 166 Å². The number of rotatable bonds is 10. The molecule has 28 heavy (non-hydrogen) atoms. The Morgan fingerprint density at radius 3 is 2.43 bits per heavy atom. The third-order valence-corrected chi connectivity index (χ3v) is 4.37. The maximum atomic E-state index is 5.81. The molecule has 0 saturated heterocycles. The summed E-state index contributed by atoms with van der Waals surface area (Å²) in [6, 6.07) is 20.6. The van der Waals surface area contributed by atoms with Gasteiger partial charge in [0.05, 0.1) is 12.3 Å². The van der Waals surface area contributed by atoms with E-state index >= 15 is 0 Å². The van der Waals surface area contributed by atoms with Crippen molar-refractivity contribution in [2.24, 2.45) is 0 Å². The topological polar surface area (TPSA) is 70.3 Å². The number of aryl methyl sites for hydroxylation is 2. The number of nitrogen functional groups attached to an aromatic ring is 1. The lowest BCUT2D eigenvalue weighted by molar-refractivity contribution is 0.106. The van der Waals surface area contributed by atoms with Crippen LogP contribution in [0.15, 0.2) is 60.7 Å². The van der Waals surface area contributed by atoms with Gasteiger partial charge in [0.2, 0.25) is 0 Å². The minimum absolute atomic E-state index is 0.392. The summed E-state index contributed by atoms with van der Waals surface area (Å²) < 4.78 is 11.1. The fourth-order valence-electron chi connectivity index (χ4n) is 2.92. The Morgan fingerprint density at radius 2 is 1.68 bits per heavy atom. The van der Waals surface area contributed by atoms with Crippen LogP contribution in [0.25, 0.3) is 11.3 Å². The standard InChI is InChI=1S/C23H27N3O2/c1-2-27-15-16-28-23-25-21(10-6-9-18-7-4-3-5-8-18)17-22(26-23)19-11-13-20(24)14-12-19/h3-5,7-8,11-14,17H,2,6,9-10,15-16,24H2,1H3. The van der Waals surface area contributed by atoms with Gasteiger partial charge < -0.3 is 15.2 Å². The van der Waals surface area contributed by atoms with Gasteiger partial charge in [-0.15, -0.1) is 0 Å². The minimum atomic E-state index is 0.392. The number of benzene rings is 2. The van der Waals surface area contributed by atoms with Gasteiger partial charge in [-0.1, -0.05) is 42.5 Å². The van der Waals surface area contributed by atoms with Crippen LogP contribution >= 0.6 is 0 Å². The Balaban J connectivity index is 1.73. The number of nitrogens with two attached hydrogens (primary N) is 1. The lowest BCUT2D eigenvalue weighted by Crippen LogP contribution is -2.09. The lowest BCUT2D eigenvalue weighted by atomic mass is 10.1. The van der Waals surface area contributed by atoms with Gasteiger partial charge in [-0.2, -0.15) is 4.98 Å². The van der Waals surface area contributed by atoms with Crippen LogP contribution in [0.2, 0.25) is 0 Å². The van der Waals surface area contributed by atoms with Gasteiger partial charge in [-0.3, -0.25) is 0 Å². The Bertz CT molecular complexity index is 851. The summed E-state index contributed by atoms with van der Waals surface area (Å²) >= 11 is 0. The van der Waals surface area contributed by atoms with Gasteiger partial charge in [0.25, 0.3) is 0 Å². The highest BCUT2D eigenvalue weighted by atomic mass is 16.5. The van der Waals surface area contributed by atoms with E-state index in [0.29, 0.717) is 25.8 Å². The number of anilines is 1. The molecule has 0 spiro atoms. The van der Waals surface area contributed by atoms with Gasteiger partial charge in [0.15, 0.2) is 0 Å². The van der Waals surface area contributed by atoms with E-state index in [1.54, 1.807) is 0 Å². The van der Waals surface area contributed by atoms with Crippen molar-refractivity contribution in [2.75, 3.05) is 25.6 Å². The van der Waals surface area contributed by atoms with Crippen LogP contribution in [0, 0.1) is 0 Å². The molecular weight excluding hydrogens is 350 g/mol. The quantitative estimate of drug-likeness (QED) is 0.421. The molecule has 0 aliphatic rings. The Kier molecular flexibility index (Phi) is 7.38. The van der Waals surface area contributed by atoms with E-state index in [4.69, 9.17) is 15.2 Å². The second kappa shape index (κ2) is 10.4. The third kappa shape index (κ3) is 6.06. The molecule has 0 aliphatic carbocycles. The molecule has 3 aromatic rings. The van der Waals surface area contributed by atoms with Crippen LogP contribution in [0.5, 0.6) is 6.01 Å². The number of ether oxygens (including phenoxy) is 2. The second-order valence-corrected chi connectivity index (χ2v) is 6.53. The van der Waals surface area contributed by atoms with Crippen LogP contribution in [0.4, 0.5) is 5.69 Å². The van der Waals surface area contributed by atoms with E-state index in [1.165, 1.54) is 5.56 Å². The number of hydrogen-bond acceptors (Lipinski definition) is 5. The van der Waals surface area contributed by atoms with Crippen LogP contribution in [-0.2, 0) is 17.6 Å². The average molecular weight is 377 g/mol. The highest BCUT2D eigenvalue weighted by molar-refractivity contribution is 5.62. The zero-order valence-corrected chi connectivity index (χ0v) is 16.3. The maximum Gasteiger partial charge on any atom is 0.317 e. The minimum Gasteiger partial charge on any atom is -0.461 e. The molecule has 0 bridgehead atoms. The smallest absolute Gasteiger partial charge is 0.317 e. The number of aromatic nitrogens is 2. The van der Waals surface area contributed by atoms with Crippen molar-refractivity contribution in [3.63, 3.8) is 0 Å². The van der Waals surface area contributed by atoms with E-state index < -0.39 is 0 Å². The van der Waals surface area contributed by atoms with Crippen LogP contribution < -0.4 is 10.5 Å². The van der Waals surface area contributed by atoms with Gasteiger partial charge in [-0.05, 0) is 49.9 Å². The molecule has 0 atom stereocenters. The van der Waals surface area contributed by atoms with Crippen molar-refractivity contribution < 1.29 is 9.47 Å². The Hall–Kier alpha value is -2.92. The summed E-state index contributed by atoms with van der Waals surface area (Å²) in [5.41, 5.74) is 10.7. The van der Waals surface area contributed by atoms with Gasteiger partial charge in [0, 0.05) is 23.6 Å². The maximum absolute atomic E-state index is 5.81. The second-order valence-electron chi connectivity index (χ2n) is 6.53. The molecule has 146 valence electrons. The highest BCUT2D eigenvalue weighted by Gasteiger charge is 2.08. The fraction of sp³-hybridized carbons (Fsp3) is 0.304. The molecule has 0 aliphatic heterocycles. The van der Waals surface area contributed by atoms with Crippen LogP contribution in [0.1, 0.15) is 24.6 Å². The van der Waals surface area contributed by atoms with Gasteiger partial charge in [0.1, 0.15) is 6.61 Å². The summed E-state index contributed by atoms with van der Waals surface area (Å²) in [5.74, 6) is 0. The summed E-state index contributed by atoms with van der Waals surface area (Å²) in [6.07, 6.45) is 2.89. The molecule has 1 heterocycles. The van der Waals surface area contributed by atoms with Crippen LogP contribution in [0.3, 0.4) is 0 Å². The van der Waals surface area contributed by atoms with Crippen molar-refractivity contribution in [2.45, 2.75) is 26.2 Å². The summed E-state index contributed by atoms with van der Waals surface area (Å²) in [7, 11) is 0. The van der Waals surface area contributed by atoms with Crippen LogP contribution in [-0.4, -0.2) is 29.8 Å². The first-order chi connectivity index (χ1) is 13.7. The summed E-state index contributed by atoms with van der Waals surface area (Å²) in [4.78, 5) is 9.16. The normalized spacial score (nSPS) is 10.8. The zero-order valence-electron chi connectivity index (χ0n) is 16.3. The van der Waals surface area contributed by atoms with E-state index in [2.05, 4.69) is 34.2 Å². The molecule has 3 rings (SSSR count). The van der Waals surface area contributed by atoms with E-state index in [1.807, 2.05) is 43.3 Å². The molecule has 0 unspecified atom stereocenters. The highest BCUT2D eigenvalue weighted by Crippen LogP contribution is 2.22. The first-order valence-electron chi connectivity index (χ1n) is 9.73. The largest absolute Gasteiger partial charge is 0.461 e. The van der Waals surface area contributed by atoms with Crippen molar-refractivity contribution in [1.29, 1.82) is 0 Å². The SMILES string of the molecule is CCOCCOc1nc(CCCc2ccccc2)cc(-c2ccc(N)cc2)n1. The first-order valence-corrected chi connectivity index (χ1v) is 9.73. The molecule has 0 radical (unpaired) electrons. The summed E-state index contributed by atoms with van der Waals surface area (Å²) in [5, 5.41) is 0. The van der Waals surface area contributed by atoms with Gasteiger partial charge in [-0.25, -0.2) is 4.98 Å². The fourth-order valence-corrected chi connectivity index (χ4v) is 2.92. The number of hydrogen-bond donors (Lipinski definition) is 1. The molecule has 5 nitrogen and oxygen atoms in total. The summed E-state index contributed by atoms with van der Waals surface area (Å²) in [6.45, 7) is 3.58. The average Bonchev–Trinajstić information content (AvgIpc) is 2.72. The van der Waals surface area contributed by atoms with E-state index in [-0.39, 0.29) is 0 Å². The molecular formula is C23H27N3O2. The van der Waals surface area contributed by atoms with E-state index in [9.17, 15) is 0 Å². The molecule has 0 saturated carbocycles. The van der Waals surface area contributed by atoms with E-state index in [0.717, 1.165) is 41.9 Å². The van der Waals surface area contributed by atoms with Crippen molar-refractivity contribution in [3.05, 3.63) is 71.9 Å². The van der Waals surface area contributed by atoms with Crippen molar-refractivity contribution >= 4 is 5.69 Å². The Morgan fingerprint density at radius 1 is 0.893 bits per heavy atom.